The fourth-order valence-electron chi connectivity index (χ4n) is 1.74. The average Bonchev–Trinajstić information content (AvgIpc) is 2.36. The lowest BCUT2D eigenvalue weighted by atomic mass is 9.99. The maximum Gasteiger partial charge on any atom is 0.320 e. The predicted molar refractivity (Wildman–Crippen MR) is 76.7 cm³/mol. The third kappa shape index (κ3) is 5.24. The van der Waals surface area contributed by atoms with E-state index in [4.69, 9.17) is 16.6 Å². The van der Waals surface area contributed by atoms with Gasteiger partial charge in [0.2, 0.25) is 0 Å². The van der Waals surface area contributed by atoms with Crippen molar-refractivity contribution in [3.63, 3.8) is 0 Å². The molecule has 1 aromatic rings. The lowest BCUT2D eigenvalue weighted by Crippen LogP contribution is -2.32. The second-order valence-electron chi connectivity index (χ2n) is 5.01. The number of aliphatic carboxylic acids is 1. The minimum absolute atomic E-state index is 0.0305. The lowest BCUT2D eigenvalue weighted by molar-refractivity contribution is -0.138. The molecule has 4 heteroatoms. The first-order chi connectivity index (χ1) is 8.90. The highest BCUT2D eigenvalue weighted by Crippen LogP contribution is 2.16. The van der Waals surface area contributed by atoms with Crippen LogP contribution in [0.3, 0.4) is 0 Å². The van der Waals surface area contributed by atoms with Crippen molar-refractivity contribution in [3.05, 3.63) is 47.0 Å². The summed E-state index contributed by atoms with van der Waals surface area (Å²) in [5.41, 5.74) is 14.8. The van der Waals surface area contributed by atoms with Crippen LogP contribution in [-0.2, 0) is 11.2 Å². The Morgan fingerprint density at radius 1 is 1.26 bits per heavy atom. The number of rotatable bonds is 6. The predicted octanol–water partition coefficient (Wildman–Crippen LogP) is 2.00. The standard InChI is InChI=1S/C15H22N2O2/c1-10(2)3-8-13(16)12-6-4-11(5-7-12)9-14(17)15(18)19/h3-7,13-14H,8-9,16-17H2,1-2H3,(H,18,19). The number of hydrogen-bond acceptors (Lipinski definition) is 3. The normalized spacial score (nSPS) is 13.7. The third-order valence-corrected chi connectivity index (χ3v) is 2.96. The van der Waals surface area contributed by atoms with E-state index in [-0.39, 0.29) is 6.04 Å². The van der Waals surface area contributed by atoms with E-state index in [2.05, 4.69) is 6.08 Å². The molecule has 0 bridgehead atoms. The Labute approximate surface area is 114 Å². The monoisotopic (exact) mass is 262 g/mol. The van der Waals surface area contributed by atoms with Crippen LogP contribution in [-0.4, -0.2) is 17.1 Å². The van der Waals surface area contributed by atoms with Crippen molar-refractivity contribution in [1.29, 1.82) is 0 Å². The first kappa shape index (κ1) is 15.4. The lowest BCUT2D eigenvalue weighted by Gasteiger charge is -2.12. The van der Waals surface area contributed by atoms with Gasteiger partial charge in [-0.15, -0.1) is 0 Å². The molecule has 104 valence electrons. The molecule has 2 unspecified atom stereocenters. The van der Waals surface area contributed by atoms with Gasteiger partial charge in [0.05, 0.1) is 0 Å². The molecule has 1 aromatic carbocycles. The first-order valence-corrected chi connectivity index (χ1v) is 6.36. The zero-order chi connectivity index (χ0) is 14.4. The van der Waals surface area contributed by atoms with Gasteiger partial charge in [-0.25, -0.2) is 0 Å². The largest absolute Gasteiger partial charge is 0.480 e. The molecule has 19 heavy (non-hydrogen) atoms. The summed E-state index contributed by atoms with van der Waals surface area (Å²) in [5.74, 6) is -0.982. The summed E-state index contributed by atoms with van der Waals surface area (Å²) in [6.07, 6.45) is 3.24. The summed E-state index contributed by atoms with van der Waals surface area (Å²) in [7, 11) is 0. The van der Waals surface area contributed by atoms with Crippen molar-refractivity contribution >= 4 is 5.97 Å². The van der Waals surface area contributed by atoms with E-state index in [1.165, 1.54) is 5.57 Å². The van der Waals surface area contributed by atoms with E-state index < -0.39 is 12.0 Å². The number of carboxylic acids is 1. The number of benzene rings is 1. The minimum atomic E-state index is -0.982. The SMILES string of the molecule is CC(C)=CCC(N)c1ccc(CC(N)C(=O)O)cc1. The minimum Gasteiger partial charge on any atom is -0.480 e. The summed E-state index contributed by atoms with van der Waals surface area (Å²) >= 11 is 0. The Hall–Kier alpha value is -1.65. The zero-order valence-electron chi connectivity index (χ0n) is 11.5. The maximum atomic E-state index is 10.7. The Balaban J connectivity index is 2.65. The van der Waals surface area contributed by atoms with Crippen molar-refractivity contribution in [2.45, 2.75) is 38.8 Å². The molecule has 2 atom stereocenters. The fourth-order valence-corrected chi connectivity index (χ4v) is 1.74. The highest BCUT2D eigenvalue weighted by Gasteiger charge is 2.12. The smallest absolute Gasteiger partial charge is 0.320 e. The van der Waals surface area contributed by atoms with E-state index in [1.807, 2.05) is 38.1 Å². The quantitative estimate of drug-likeness (QED) is 0.684. The molecule has 0 fully saturated rings. The topological polar surface area (TPSA) is 89.3 Å². The number of nitrogens with two attached hydrogens (primary N) is 2. The van der Waals surface area contributed by atoms with Gasteiger partial charge in [0.25, 0.3) is 0 Å². The first-order valence-electron chi connectivity index (χ1n) is 6.36. The van der Waals surface area contributed by atoms with Crippen LogP contribution in [0.1, 0.15) is 37.4 Å². The van der Waals surface area contributed by atoms with Gasteiger partial charge in [0.15, 0.2) is 0 Å². The van der Waals surface area contributed by atoms with Crippen LogP contribution in [0.4, 0.5) is 0 Å². The highest BCUT2D eigenvalue weighted by molar-refractivity contribution is 5.73. The number of allylic oxidation sites excluding steroid dienone is 1. The summed E-state index contributed by atoms with van der Waals surface area (Å²) in [6, 6.07) is 6.77. The molecular formula is C15H22N2O2. The van der Waals surface area contributed by atoms with Gasteiger partial charge in [0.1, 0.15) is 6.04 Å². The number of hydrogen-bond donors (Lipinski definition) is 3. The molecule has 4 nitrogen and oxygen atoms in total. The zero-order valence-corrected chi connectivity index (χ0v) is 11.5. The molecule has 0 radical (unpaired) electrons. The average molecular weight is 262 g/mol. The maximum absolute atomic E-state index is 10.7. The molecule has 0 heterocycles. The Kier molecular flexibility index (Phi) is 5.73. The third-order valence-electron chi connectivity index (χ3n) is 2.96. The van der Waals surface area contributed by atoms with Gasteiger partial charge in [-0.05, 0) is 37.8 Å². The van der Waals surface area contributed by atoms with E-state index in [1.54, 1.807) is 0 Å². The van der Waals surface area contributed by atoms with Crippen molar-refractivity contribution < 1.29 is 9.90 Å². The van der Waals surface area contributed by atoms with Crippen molar-refractivity contribution in [2.75, 3.05) is 0 Å². The Bertz CT molecular complexity index is 448. The molecule has 0 amide bonds. The summed E-state index contributed by atoms with van der Waals surface area (Å²) < 4.78 is 0. The van der Waals surface area contributed by atoms with Crippen molar-refractivity contribution in [1.82, 2.24) is 0 Å². The van der Waals surface area contributed by atoms with Crippen LogP contribution in [0.5, 0.6) is 0 Å². The van der Waals surface area contributed by atoms with Gasteiger partial charge in [0, 0.05) is 6.04 Å². The van der Waals surface area contributed by atoms with Crippen molar-refractivity contribution in [3.8, 4) is 0 Å². The number of carbonyl (C=O) groups is 1. The van der Waals surface area contributed by atoms with Crippen LogP contribution in [0, 0.1) is 0 Å². The highest BCUT2D eigenvalue weighted by atomic mass is 16.4. The van der Waals surface area contributed by atoms with Crippen LogP contribution >= 0.6 is 0 Å². The van der Waals surface area contributed by atoms with Gasteiger partial charge < -0.3 is 16.6 Å². The molecule has 0 saturated heterocycles. The summed E-state index contributed by atoms with van der Waals surface area (Å²) in [6.45, 7) is 4.09. The second kappa shape index (κ2) is 7.07. The van der Waals surface area contributed by atoms with Gasteiger partial charge in [-0.2, -0.15) is 0 Å². The van der Waals surface area contributed by atoms with E-state index in [9.17, 15) is 4.79 Å². The van der Waals surface area contributed by atoms with Gasteiger partial charge in [-0.3, -0.25) is 4.79 Å². The van der Waals surface area contributed by atoms with Crippen LogP contribution in [0.2, 0.25) is 0 Å². The molecule has 5 N–H and O–H groups in total. The molecule has 0 saturated carbocycles. The van der Waals surface area contributed by atoms with E-state index in [0.717, 1.165) is 17.5 Å². The van der Waals surface area contributed by atoms with E-state index >= 15 is 0 Å². The van der Waals surface area contributed by atoms with Gasteiger partial charge in [-0.1, -0.05) is 35.9 Å². The van der Waals surface area contributed by atoms with E-state index in [0.29, 0.717) is 6.42 Å². The Morgan fingerprint density at radius 3 is 2.32 bits per heavy atom. The van der Waals surface area contributed by atoms with Crippen molar-refractivity contribution in [2.24, 2.45) is 11.5 Å². The van der Waals surface area contributed by atoms with Crippen LogP contribution in [0.25, 0.3) is 0 Å². The molecule has 0 aliphatic heterocycles. The molecule has 0 aromatic heterocycles. The number of carboxylic acid groups (broad SMARTS) is 1. The molecular weight excluding hydrogens is 240 g/mol. The molecule has 0 aliphatic rings. The molecule has 1 rings (SSSR count). The fraction of sp³-hybridized carbons (Fsp3) is 0.400. The van der Waals surface area contributed by atoms with Crippen LogP contribution < -0.4 is 11.5 Å². The second-order valence-corrected chi connectivity index (χ2v) is 5.01. The Morgan fingerprint density at radius 2 is 1.84 bits per heavy atom. The molecule has 0 aliphatic carbocycles. The molecule has 0 spiro atoms. The van der Waals surface area contributed by atoms with Gasteiger partial charge >= 0.3 is 5.97 Å². The van der Waals surface area contributed by atoms with Crippen LogP contribution in [0.15, 0.2) is 35.9 Å². The summed E-state index contributed by atoms with van der Waals surface area (Å²) in [5, 5.41) is 8.76. The summed E-state index contributed by atoms with van der Waals surface area (Å²) in [4.78, 5) is 10.7.